The van der Waals surface area contributed by atoms with E-state index in [0.29, 0.717) is 23.0 Å². The van der Waals surface area contributed by atoms with Crippen molar-refractivity contribution in [1.29, 1.82) is 0 Å². The van der Waals surface area contributed by atoms with E-state index in [1.54, 1.807) is 34.9 Å². The Morgan fingerprint density at radius 3 is 2.32 bits per heavy atom. The van der Waals surface area contributed by atoms with E-state index in [1.807, 2.05) is 13.8 Å². The van der Waals surface area contributed by atoms with Gasteiger partial charge >= 0.3 is 0 Å². The first-order valence-corrected chi connectivity index (χ1v) is 12.3. The van der Waals surface area contributed by atoms with Gasteiger partial charge in [-0.2, -0.15) is 0 Å². The average molecular weight is 481 g/mol. The lowest BCUT2D eigenvalue weighted by molar-refractivity contribution is -0.139. The van der Waals surface area contributed by atoms with Crippen LogP contribution in [0.3, 0.4) is 0 Å². The van der Waals surface area contributed by atoms with Crippen LogP contribution in [0.25, 0.3) is 0 Å². The monoisotopic (exact) mass is 480 g/mol. The number of hydrogen-bond donors (Lipinski definition) is 1. The van der Waals surface area contributed by atoms with Crippen LogP contribution < -0.4 is 5.32 Å². The molecule has 2 amide bonds. The molecule has 0 bridgehead atoms. The van der Waals surface area contributed by atoms with E-state index in [9.17, 15) is 9.59 Å². The quantitative estimate of drug-likeness (QED) is 0.468. The molecule has 0 saturated carbocycles. The molecule has 0 aliphatic heterocycles. The topological polar surface area (TPSA) is 49.4 Å². The Morgan fingerprint density at radius 1 is 1.06 bits per heavy atom. The molecule has 168 valence electrons. The molecule has 0 heterocycles. The number of benzene rings is 2. The molecule has 0 aliphatic carbocycles. The largest absolute Gasteiger partial charge is 0.355 e. The number of nitrogens with one attached hydrogen (secondary N) is 1. The second kappa shape index (κ2) is 12.4. The highest BCUT2D eigenvalue weighted by molar-refractivity contribution is 7.99. The molecule has 2 aromatic carbocycles. The van der Waals surface area contributed by atoms with E-state index in [-0.39, 0.29) is 24.1 Å². The Labute approximate surface area is 199 Å². The van der Waals surface area contributed by atoms with Crippen LogP contribution in [0.15, 0.2) is 36.4 Å². The van der Waals surface area contributed by atoms with Gasteiger partial charge in [-0.1, -0.05) is 65.5 Å². The lowest BCUT2D eigenvalue weighted by Gasteiger charge is -2.30. The summed E-state index contributed by atoms with van der Waals surface area (Å²) in [6.45, 7) is 8.69. The van der Waals surface area contributed by atoms with Gasteiger partial charge in [-0.3, -0.25) is 9.59 Å². The maximum atomic E-state index is 13.2. The third-order valence-corrected chi connectivity index (χ3v) is 6.44. The molecule has 1 N–H and O–H groups in total. The van der Waals surface area contributed by atoms with Gasteiger partial charge in [0.15, 0.2) is 0 Å². The van der Waals surface area contributed by atoms with Crippen LogP contribution in [0.2, 0.25) is 10.0 Å². The lowest BCUT2D eigenvalue weighted by atomic mass is 10.1. The van der Waals surface area contributed by atoms with Gasteiger partial charge in [0, 0.05) is 28.9 Å². The van der Waals surface area contributed by atoms with E-state index in [0.717, 1.165) is 11.3 Å². The van der Waals surface area contributed by atoms with Crippen molar-refractivity contribution >= 4 is 46.8 Å². The Balaban J connectivity index is 2.17. The Bertz CT molecular complexity index is 900. The number of carbonyl (C=O) groups is 2. The number of nitrogens with zero attached hydrogens (tertiary/aromatic N) is 1. The zero-order chi connectivity index (χ0) is 23.0. The second-order valence-electron chi connectivity index (χ2n) is 7.56. The molecule has 0 fully saturated rings. The maximum Gasteiger partial charge on any atom is 0.242 e. The molecule has 4 nitrogen and oxygen atoms in total. The van der Waals surface area contributed by atoms with Crippen molar-refractivity contribution in [2.45, 2.75) is 52.5 Å². The maximum absolute atomic E-state index is 13.2. The van der Waals surface area contributed by atoms with Crippen molar-refractivity contribution < 1.29 is 9.59 Å². The summed E-state index contributed by atoms with van der Waals surface area (Å²) in [7, 11) is 0. The van der Waals surface area contributed by atoms with Crippen LogP contribution in [-0.4, -0.2) is 35.1 Å². The Kier molecular flexibility index (Phi) is 10.2. The van der Waals surface area contributed by atoms with Gasteiger partial charge in [-0.05, 0) is 50.5 Å². The summed E-state index contributed by atoms with van der Waals surface area (Å²) in [6.07, 6.45) is 0.518. The van der Waals surface area contributed by atoms with Gasteiger partial charge in [0.05, 0.1) is 5.75 Å². The summed E-state index contributed by atoms with van der Waals surface area (Å²) in [5, 5.41) is 3.86. The van der Waals surface area contributed by atoms with Gasteiger partial charge in [0.1, 0.15) is 6.04 Å². The van der Waals surface area contributed by atoms with Crippen LogP contribution in [0.5, 0.6) is 0 Å². The van der Waals surface area contributed by atoms with E-state index in [1.165, 1.54) is 16.7 Å². The average Bonchev–Trinajstić information content (AvgIpc) is 2.68. The number of halogens is 2. The van der Waals surface area contributed by atoms with E-state index in [2.05, 4.69) is 37.4 Å². The number of hydrogen-bond acceptors (Lipinski definition) is 3. The molecule has 2 aromatic rings. The molecule has 1 atom stereocenters. The highest BCUT2D eigenvalue weighted by Gasteiger charge is 2.28. The number of amides is 2. The minimum atomic E-state index is -0.555. The van der Waals surface area contributed by atoms with Gasteiger partial charge in [0.2, 0.25) is 11.8 Å². The van der Waals surface area contributed by atoms with Gasteiger partial charge in [-0.15, -0.1) is 11.8 Å². The molecular formula is C24H30Cl2N2O2S. The normalized spacial score (nSPS) is 11.8. The summed E-state index contributed by atoms with van der Waals surface area (Å²) in [5.41, 5.74) is 4.38. The number of likely N-dealkylation sites (N-methyl/N-ethyl adjacent to an activating group) is 1. The minimum Gasteiger partial charge on any atom is -0.355 e. The predicted molar refractivity (Wildman–Crippen MR) is 132 cm³/mol. The van der Waals surface area contributed by atoms with Crippen LogP contribution in [0.1, 0.15) is 42.5 Å². The van der Waals surface area contributed by atoms with Crippen molar-refractivity contribution in [3.8, 4) is 0 Å². The Hall–Kier alpha value is -1.69. The zero-order valence-corrected chi connectivity index (χ0v) is 20.8. The van der Waals surface area contributed by atoms with Gasteiger partial charge in [0.25, 0.3) is 0 Å². The summed E-state index contributed by atoms with van der Waals surface area (Å²) in [4.78, 5) is 27.5. The van der Waals surface area contributed by atoms with E-state index < -0.39 is 6.04 Å². The van der Waals surface area contributed by atoms with Crippen molar-refractivity contribution in [2.75, 3.05) is 12.3 Å². The molecular weight excluding hydrogens is 451 g/mol. The third-order valence-electron chi connectivity index (χ3n) is 4.87. The minimum absolute atomic E-state index is 0.0847. The molecule has 2 rings (SSSR count). The molecule has 7 heteroatoms. The zero-order valence-electron chi connectivity index (χ0n) is 18.5. The van der Waals surface area contributed by atoms with Crippen LogP contribution in [-0.2, 0) is 21.9 Å². The fourth-order valence-corrected chi connectivity index (χ4v) is 4.85. The molecule has 0 saturated heterocycles. The molecule has 31 heavy (non-hydrogen) atoms. The first kappa shape index (κ1) is 25.6. The van der Waals surface area contributed by atoms with Gasteiger partial charge < -0.3 is 10.2 Å². The molecule has 1 unspecified atom stereocenters. The smallest absolute Gasteiger partial charge is 0.242 e. The second-order valence-corrected chi connectivity index (χ2v) is 9.39. The number of thioether (sulfide) groups is 1. The SMILES string of the molecule is CCNC(=O)C(CC)N(Cc1ccc(Cl)cc1Cl)C(=O)CSCc1cc(C)cc(C)c1. The predicted octanol–water partition coefficient (Wildman–Crippen LogP) is 5.79. The van der Waals surface area contributed by atoms with Crippen LogP contribution >= 0.6 is 35.0 Å². The first-order valence-electron chi connectivity index (χ1n) is 10.4. The summed E-state index contributed by atoms with van der Waals surface area (Å²) < 4.78 is 0. The fraction of sp³-hybridized carbons (Fsp3) is 0.417. The van der Waals surface area contributed by atoms with Crippen molar-refractivity contribution in [1.82, 2.24) is 10.2 Å². The number of aryl methyl sites for hydroxylation is 2. The standard InChI is InChI=1S/C24H30Cl2N2O2S/c1-5-22(24(30)27-6-2)28(13-19-7-8-20(25)12-21(19)26)23(29)15-31-14-18-10-16(3)9-17(4)11-18/h7-12,22H,5-6,13-15H2,1-4H3,(H,27,30). The van der Waals surface area contributed by atoms with Crippen LogP contribution in [0.4, 0.5) is 0 Å². The van der Waals surface area contributed by atoms with Crippen LogP contribution in [0, 0.1) is 13.8 Å². The molecule has 0 aromatic heterocycles. The third kappa shape index (κ3) is 7.74. The fourth-order valence-electron chi connectivity index (χ4n) is 3.54. The molecule has 0 spiro atoms. The van der Waals surface area contributed by atoms with E-state index >= 15 is 0 Å². The molecule has 0 aliphatic rings. The first-order chi connectivity index (χ1) is 14.7. The Morgan fingerprint density at radius 2 is 1.74 bits per heavy atom. The van der Waals surface area contributed by atoms with E-state index in [4.69, 9.17) is 23.2 Å². The van der Waals surface area contributed by atoms with Gasteiger partial charge in [-0.25, -0.2) is 0 Å². The lowest BCUT2D eigenvalue weighted by Crippen LogP contribution is -2.49. The number of carbonyl (C=O) groups excluding carboxylic acids is 2. The summed E-state index contributed by atoms with van der Waals surface area (Å²) in [6, 6.07) is 11.1. The highest BCUT2D eigenvalue weighted by Crippen LogP contribution is 2.24. The molecule has 0 radical (unpaired) electrons. The summed E-state index contributed by atoms with van der Waals surface area (Å²) >= 11 is 13.9. The van der Waals surface area contributed by atoms with Crippen molar-refractivity contribution in [3.63, 3.8) is 0 Å². The highest BCUT2D eigenvalue weighted by atomic mass is 35.5. The van der Waals surface area contributed by atoms with Crippen molar-refractivity contribution in [2.24, 2.45) is 0 Å². The number of rotatable bonds is 10. The summed E-state index contributed by atoms with van der Waals surface area (Å²) in [5.74, 6) is 0.789. The van der Waals surface area contributed by atoms with Crippen molar-refractivity contribution in [3.05, 3.63) is 68.7 Å².